The molecule has 0 aromatic heterocycles. The number of aliphatic hydroxyl groups is 1. The molecule has 0 saturated carbocycles. The van der Waals surface area contributed by atoms with Crippen molar-refractivity contribution in [2.45, 2.75) is 32.6 Å². The summed E-state index contributed by atoms with van der Waals surface area (Å²) in [4.78, 5) is 41.3. The van der Waals surface area contributed by atoms with E-state index in [9.17, 15) is 23.9 Å². The van der Waals surface area contributed by atoms with Crippen LogP contribution in [-0.2, 0) is 30.3 Å². The quantitative estimate of drug-likeness (QED) is 0.154. The van der Waals surface area contributed by atoms with Crippen LogP contribution in [0.3, 0.4) is 0 Å². The fourth-order valence-electron chi connectivity index (χ4n) is 4.03. The van der Waals surface area contributed by atoms with Crippen LogP contribution in [0.25, 0.3) is 11.1 Å². The molecule has 1 aliphatic heterocycles. The average molecular weight is 628 g/mol. The van der Waals surface area contributed by atoms with Crippen molar-refractivity contribution in [1.82, 2.24) is 15.9 Å². The van der Waals surface area contributed by atoms with Crippen molar-refractivity contribution in [3.05, 3.63) is 89.2 Å². The molecule has 1 atom stereocenters. The molecule has 1 unspecified atom stereocenters. The van der Waals surface area contributed by atoms with E-state index >= 15 is 0 Å². The van der Waals surface area contributed by atoms with Crippen LogP contribution in [0.15, 0.2) is 77.8 Å². The van der Waals surface area contributed by atoms with Gasteiger partial charge in [0.2, 0.25) is 12.6 Å². The number of carbonyl (C=O) groups is 3. The molecule has 3 N–H and O–H groups in total. The van der Waals surface area contributed by atoms with Gasteiger partial charge in [-0.05, 0) is 55.3 Å². The fraction of sp³-hybridized carbons (Fsp3) is 0.267. The zero-order chi connectivity index (χ0) is 31.6. The number of nitrogens with one attached hydrogen (secondary N) is 2. The van der Waals surface area contributed by atoms with Gasteiger partial charge in [-0.25, -0.2) is 24.0 Å². The lowest BCUT2D eigenvalue weighted by Crippen LogP contribution is -2.52. The summed E-state index contributed by atoms with van der Waals surface area (Å²) in [7, 11) is 0. The Labute approximate surface area is 257 Å². The minimum atomic E-state index is -1.74. The molecular formula is C30H31ClFN5O7. The van der Waals surface area contributed by atoms with Gasteiger partial charge in [-0.3, -0.25) is 20.7 Å². The van der Waals surface area contributed by atoms with Gasteiger partial charge in [-0.2, -0.15) is 0 Å². The van der Waals surface area contributed by atoms with Crippen molar-refractivity contribution in [3.63, 3.8) is 0 Å². The van der Waals surface area contributed by atoms with Crippen LogP contribution in [0.1, 0.15) is 19.4 Å². The van der Waals surface area contributed by atoms with Crippen molar-refractivity contribution in [2.24, 2.45) is 4.99 Å². The second-order valence-electron chi connectivity index (χ2n) is 9.82. The Morgan fingerprint density at radius 2 is 1.82 bits per heavy atom. The number of rotatable bonds is 12. The summed E-state index contributed by atoms with van der Waals surface area (Å²) in [5, 5.41) is 13.9. The van der Waals surface area contributed by atoms with Crippen LogP contribution in [0.5, 0.6) is 0 Å². The van der Waals surface area contributed by atoms with E-state index in [-0.39, 0.29) is 19.0 Å². The van der Waals surface area contributed by atoms with Gasteiger partial charge >= 0.3 is 18.0 Å². The Hall–Kier alpha value is -4.72. The smallest absolute Gasteiger partial charge is 0.431 e. The third-order valence-corrected chi connectivity index (χ3v) is 6.33. The number of benzene rings is 3. The highest BCUT2D eigenvalue weighted by atomic mass is 35.5. The molecule has 0 spiro atoms. The van der Waals surface area contributed by atoms with Crippen LogP contribution in [0, 0.1) is 5.82 Å². The summed E-state index contributed by atoms with van der Waals surface area (Å²) in [5.41, 5.74) is 7.92. The molecule has 232 valence electrons. The van der Waals surface area contributed by atoms with Crippen molar-refractivity contribution in [3.8, 4) is 11.1 Å². The maximum atomic E-state index is 14.4. The zero-order valence-corrected chi connectivity index (χ0v) is 24.7. The lowest BCUT2D eigenvalue weighted by atomic mass is 10.0. The number of hydrogen-bond acceptors (Lipinski definition) is 11. The molecule has 0 saturated heterocycles. The van der Waals surface area contributed by atoms with Crippen LogP contribution in [-0.4, -0.2) is 66.2 Å². The van der Waals surface area contributed by atoms with Crippen molar-refractivity contribution < 1.29 is 38.1 Å². The van der Waals surface area contributed by atoms with E-state index in [0.29, 0.717) is 21.7 Å². The molecule has 1 amide bonds. The number of aliphatic hydroxyl groups excluding tert-OH is 1. The van der Waals surface area contributed by atoms with Crippen LogP contribution >= 0.6 is 11.6 Å². The number of hydrogen-bond donors (Lipinski definition) is 3. The van der Waals surface area contributed by atoms with Crippen molar-refractivity contribution in [2.75, 3.05) is 25.0 Å². The predicted molar refractivity (Wildman–Crippen MR) is 159 cm³/mol. The fourth-order valence-corrected chi connectivity index (χ4v) is 4.21. The van der Waals surface area contributed by atoms with Gasteiger partial charge in [0.25, 0.3) is 0 Å². The number of halogens is 2. The molecule has 44 heavy (non-hydrogen) atoms. The monoisotopic (exact) mass is 627 g/mol. The number of nitrogens with zero attached hydrogens (tertiary/aromatic N) is 3. The highest BCUT2D eigenvalue weighted by Crippen LogP contribution is 2.26. The van der Waals surface area contributed by atoms with E-state index in [0.717, 1.165) is 5.69 Å². The number of esters is 1. The second kappa shape index (κ2) is 15.1. The van der Waals surface area contributed by atoms with E-state index < -0.39 is 49.4 Å². The summed E-state index contributed by atoms with van der Waals surface area (Å²) < 4.78 is 28.6. The third kappa shape index (κ3) is 9.14. The van der Waals surface area contributed by atoms with E-state index in [1.807, 2.05) is 30.3 Å². The summed E-state index contributed by atoms with van der Waals surface area (Å²) in [5.74, 6) is -2.14. The molecule has 0 radical (unpaired) electrons. The lowest BCUT2D eigenvalue weighted by Gasteiger charge is -2.25. The number of para-hydroxylation sites is 1. The Kier molecular flexibility index (Phi) is 11.1. The lowest BCUT2D eigenvalue weighted by molar-refractivity contribution is -0.165. The van der Waals surface area contributed by atoms with Gasteiger partial charge in [0.15, 0.2) is 6.10 Å². The van der Waals surface area contributed by atoms with E-state index in [2.05, 4.69) is 20.6 Å². The summed E-state index contributed by atoms with van der Waals surface area (Å²) in [6.07, 6.45) is -3.20. The molecule has 0 aliphatic carbocycles. The van der Waals surface area contributed by atoms with Crippen LogP contribution < -0.4 is 15.9 Å². The SMILES string of the molecule is CC(C)OC(=O)OCOC(=O)C(O)CN(Cc1ccc(-c2cc(Cl)ccc2F)cc1)NC(=O)C1=NCN(c2ccccc2)N1. The minimum Gasteiger partial charge on any atom is -0.431 e. The molecule has 3 aromatic rings. The number of hydrazine groups is 2. The number of amides is 1. The Morgan fingerprint density at radius 1 is 1.09 bits per heavy atom. The van der Waals surface area contributed by atoms with E-state index in [4.69, 9.17) is 21.1 Å². The first-order valence-electron chi connectivity index (χ1n) is 13.5. The summed E-state index contributed by atoms with van der Waals surface area (Å²) in [6, 6.07) is 20.3. The largest absolute Gasteiger partial charge is 0.511 e. The summed E-state index contributed by atoms with van der Waals surface area (Å²) >= 11 is 6.03. The molecule has 3 aromatic carbocycles. The molecule has 1 heterocycles. The highest BCUT2D eigenvalue weighted by molar-refractivity contribution is 6.38. The first kappa shape index (κ1) is 32.2. The van der Waals surface area contributed by atoms with Gasteiger partial charge in [-0.15, -0.1) is 0 Å². The number of aliphatic imine (C=N–C) groups is 1. The minimum absolute atomic E-state index is 0.0137. The second-order valence-corrected chi connectivity index (χ2v) is 10.3. The van der Waals surface area contributed by atoms with E-state index in [1.165, 1.54) is 23.2 Å². The van der Waals surface area contributed by atoms with Crippen LogP contribution in [0.4, 0.5) is 14.9 Å². The standard InChI is InChI=1S/C30H31ClFN5O7/c1-19(2)44-30(41)43-18-42-29(40)26(38)16-36(35-28(39)27-33-17-37(34-27)23-6-4-3-5-7-23)15-20-8-10-21(11-9-20)24-14-22(31)12-13-25(24)32/h3-14,19,26,38H,15-18H2,1-2H3,(H,33,34)(H,35,39). The molecule has 0 fully saturated rings. The normalized spacial score (nSPS) is 13.2. The molecule has 12 nitrogen and oxygen atoms in total. The molecule has 14 heteroatoms. The van der Waals surface area contributed by atoms with E-state index in [1.54, 1.807) is 43.1 Å². The Balaban J connectivity index is 1.42. The van der Waals surface area contributed by atoms with Gasteiger partial charge in [0.05, 0.1) is 18.3 Å². The van der Waals surface area contributed by atoms with Gasteiger partial charge in [0.1, 0.15) is 12.5 Å². The number of carbonyl (C=O) groups excluding carboxylic acids is 3. The Bertz CT molecular complexity index is 1490. The predicted octanol–water partition coefficient (Wildman–Crippen LogP) is 3.78. The number of anilines is 1. The number of amidine groups is 1. The first-order valence-corrected chi connectivity index (χ1v) is 13.9. The van der Waals surface area contributed by atoms with Crippen molar-refractivity contribution >= 4 is 41.2 Å². The topological polar surface area (TPSA) is 142 Å². The average Bonchev–Trinajstić information content (AvgIpc) is 3.50. The number of ether oxygens (including phenoxy) is 3. The van der Waals surface area contributed by atoms with Gasteiger partial charge < -0.3 is 19.3 Å². The molecule has 4 rings (SSSR count). The van der Waals surface area contributed by atoms with Gasteiger partial charge in [-0.1, -0.05) is 54.1 Å². The Morgan fingerprint density at radius 3 is 2.52 bits per heavy atom. The summed E-state index contributed by atoms with van der Waals surface area (Å²) in [6.45, 7) is 2.28. The molecule has 0 bridgehead atoms. The zero-order valence-electron chi connectivity index (χ0n) is 23.9. The molecule has 1 aliphatic rings. The highest BCUT2D eigenvalue weighted by Gasteiger charge is 2.26. The van der Waals surface area contributed by atoms with Crippen LogP contribution in [0.2, 0.25) is 5.02 Å². The van der Waals surface area contributed by atoms with Crippen molar-refractivity contribution in [1.29, 1.82) is 0 Å². The first-order chi connectivity index (χ1) is 21.1. The third-order valence-electron chi connectivity index (χ3n) is 6.10. The maximum absolute atomic E-state index is 14.4. The molecular weight excluding hydrogens is 597 g/mol. The maximum Gasteiger partial charge on any atom is 0.511 e. The van der Waals surface area contributed by atoms with Gasteiger partial charge in [0, 0.05) is 17.1 Å².